The summed E-state index contributed by atoms with van der Waals surface area (Å²) < 4.78 is 18.9. The number of allylic oxidation sites excluding steroid dienone is 1. The van der Waals surface area contributed by atoms with Crippen LogP contribution in [-0.2, 0) is 9.53 Å². The molecule has 1 N–H and O–H groups in total. The molecule has 3 heterocycles. The third kappa shape index (κ3) is 4.69. The summed E-state index contributed by atoms with van der Waals surface area (Å²) in [5, 5.41) is 2.21. The summed E-state index contributed by atoms with van der Waals surface area (Å²) in [4.78, 5) is 36.5. The zero-order chi connectivity index (χ0) is 29.4. The molecule has 0 fully saturated rings. The van der Waals surface area contributed by atoms with Gasteiger partial charge in [0.2, 0.25) is 0 Å². The van der Waals surface area contributed by atoms with Gasteiger partial charge >= 0.3 is 5.97 Å². The van der Waals surface area contributed by atoms with E-state index < -0.39 is 12.0 Å². The molecule has 2 aromatic heterocycles. The number of aromatic amines is 1. The molecule has 8 nitrogen and oxygen atoms in total. The number of ether oxygens (including phenoxy) is 3. The summed E-state index contributed by atoms with van der Waals surface area (Å²) in [5.41, 5.74) is 4.31. The highest BCUT2D eigenvalue weighted by atomic mass is 32.1. The van der Waals surface area contributed by atoms with Crippen LogP contribution in [0, 0.1) is 0 Å². The number of thiazole rings is 1. The van der Waals surface area contributed by atoms with E-state index in [0.717, 1.165) is 33.8 Å². The highest BCUT2D eigenvalue weighted by molar-refractivity contribution is 7.07. The molecule has 0 unspecified atom stereocenters. The average Bonchev–Trinajstić information content (AvgIpc) is 3.52. The van der Waals surface area contributed by atoms with Crippen LogP contribution in [0.15, 0.2) is 81.7 Å². The van der Waals surface area contributed by atoms with Crippen LogP contribution in [0.4, 0.5) is 0 Å². The Balaban J connectivity index is 1.60. The Morgan fingerprint density at radius 2 is 1.83 bits per heavy atom. The number of hydrogen-bond acceptors (Lipinski definition) is 7. The fourth-order valence-corrected chi connectivity index (χ4v) is 6.60. The van der Waals surface area contributed by atoms with Gasteiger partial charge in [0.15, 0.2) is 4.80 Å². The van der Waals surface area contributed by atoms with Gasteiger partial charge in [-0.2, -0.15) is 0 Å². The summed E-state index contributed by atoms with van der Waals surface area (Å²) in [5.74, 6) is 0.607. The summed E-state index contributed by atoms with van der Waals surface area (Å²) in [6, 6.07) is 18.8. The molecule has 1 aliphatic rings. The van der Waals surface area contributed by atoms with E-state index in [9.17, 15) is 9.59 Å². The summed E-state index contributed by atoms with van der Waals surface area (Å²) >= 11 is 1.31. The molecule has 3 aromatic carbocycles. The molecule has 0 spiro atoms. The molecule has 1 aliphatic heterocycles. The second-order valence-corrected chi connectivity index (χ2v) is 11.0. The molecule has 0 bridgehead atoms. The molecule has 0 aliphatic carbocycles. The summed E-state index contributed by atoms with van der Waals surface area (Å²) in [7, 11) is 3.14. The van der Waals surface area contributed by atoms with Gasteiger partial charge in [-0.05, 0) is 61.4 Å². The van der Waals surface area contributed by atoms with Crippen molar-refractivity contribution in [1.29, 1.82) is 0 Å². The zero-order valence-electron chi connectivity index (χ0n) is 23.9. The van der Waals surface area contributed by atoms with Gasteiger partial charge < -0.3 is 19.2 Å². The Morgan fingerprint density at radius 3 is 2.60 bits per heavy atom. The second-order valence-electron chi connectivity index (χ2n) is 10.00. The number of esters is 1. The number of H-pyrrole nitrogens is 1. The van der Waals surface area contributed by atoms with Gasteiger partial charge in [-0.1, -0.05) is 48.9 Å². The molecular weight excluding hydrogens is 550 g/mol. The molecule has 42 heavy (non-hydrogen) atoms. The fraction of sp³-hybridized carbons (Fsp3) is 0.242. The van der Waals surface area contributed by atoms with Crippen molar-refractivity contribution in [3.63, 3.8) is 0 Å². The third-order valence-electron chi connectivity index (χ3n) is 7.45. The van der Waals surface area contributed by atoms with Crippen LogP contribution >= 0.6 is 11.3 Å². The number of carbonyl (C=O) groups excluding carboxylic acids is 1. The third-order valence-corrected chi connectivity index (χ3v) is 8.43. The topological polar surface area (TPSA) is 94.9 Å². The fourth-order valence-electron chi connectivity index (χ4n) is 5.58. The number of nitrogens with one attached hydrogen (secondary N) is 1. The van der Waals surface area contributed by atoms with Crippen molar-refractivity contribution in [2.24, 2.45) is 4.99 Å². The van der Waals surface area contributed by atoms with Crippen LogP contribution in [0.3, 0.4) is 0 Å². The van der Waals surface area contributed by atoms with Gasteiger partial charge in [0.1, 0.15) is 17.5 Å². The molecule has 1 atom stereocenters. The molecule has 0 saturated heterocycles. The molecule has 0 radical (unpaired) electrons. The Morgan fingerprint density at radius 1 is 1.02 bits per heavy atom. The van der Waals surface area contributed by atoms with Gasteiger partial charge in [-0.15, -0.1) is 0 Å². The standard InChI is InChI=1S/C33H31N3O5S/c1-5-9-26-29(32(38)41-6-2)30(23-18-20(39-3)13-15-27(23)40-4)36-31(37)28(42-33(36)35-26)17-19-12-14-25-22(16-19)21-10-7-8-11-24(21)34-25/h7-8,10-18,30,34H,5-6,9H2,1-4H3/b28-17+/t30-/m0/s1. The molecular formula is C33H31N3O5S. The van der Waals surface area contributed by atoms with Gasteiger partial charge in [0, 0.05) is 27.4 Å². The maximum absolute atomic E-state index is 14.2. The number of nitrogens with zero attached hydrogens (tertiary/aromatic N) is 2. The van der Waals surface area contributed by atoms with E-state index in [0.29, 0.717) is 44.1 Å². The van der Waals surface area contributed by atoms with Gasteiger partial charge in [-0.3, -0.25) is 9.36 Å². The lowest BCUT2D eigenvalue weighted by atomic mass is 9.93. The van der Waals surface area contributed by atoms with Crippen LogP contribution in [-0.4, -0.2) is 36.3 Å². The Labute approximate surface area is 246 Å². The summed E-state index contributed by atoms with van der Waals surface area (Å²) in [6.45, 7) is 3.99. The smallest absolute Gasteiger partial charge is 0.338 e. The Bertz CT molecular complexity index is 2050. The first-order chi connectivity index (χ1) is 20.5. The van der Waals surface area contributed by atoms with Crippen LogP contribution in [0.1, 0.15) is 43.9 Å². The van der Waals surface area contributed by atoms with Crippen molar-refractivity contribution < 1.29 is 19.0 Å². The predicted octanol–water partition coefficient (Wildman–Crippen LogP) is 5.23. The van der Waals surface area contributed by atoms with E-state index in [1.807, 2.05) is 37.3 Å². The summed E-state index contributed by atoms with van der Waals surface area (Å²) in [6.07, 6.45) is 3.21. The minimum Gasteiger partial charge on any atom is -0.497 e. The number of methoxy groups -OCH3 is 2. The molecule has 5 aromatic rings. The first-order valence-corrected chi connectivity index (χ1v) is 14.7. The van der Waals surface area contributed by atoms with Gasteiger partial charge in [-0.25, -0.2) is 9.79 Å². The average molecular weight is 582 g/mol. The number of benzene rings is 3. The number of aromatic nitrogens is 2. The van der Waals surface area contributed by atoms with Gasteiger partial charge in [0.05, 0.1) is 36.6 Å². The molecule has 214 valence electrons. The quantitative estimate of drug-likeness (QED) is 0.253. The second kappa shape index (κ2) is 11.3. The monoisotopic (exact) mass is 581 g/mol. The lowest BCUT2D eigenvalue weighted by molar-refractivity contribution is -0.139. The lowest BCUT2D eigenvalue weighted by Crippen LogP contribution is -2.40. The number of para-hydroxylation sites is 1. The van der Waals surface area contributed by atoms with E-state index in [-0.39, 0.29) is 12.2 Å². The molecule has 9 heteroatoms. The highest BCUT2D eigenvalue weighted by Crippen LogP contribution is 2.38. The first kappa shape index (κ1) is 27.5. The van der Waals surface area contributed by atoms with E-state index in [1.54, 1.807) is 43.9 Å². The van der Waals surface area contributed by atoms with E-state index in [1.165, 1.54) is 11.3 Å². The largest absolute Gasteiger partial charge is 0.497 e. The van der Waals surface area contributed by atoms with Crippen molar-refractivity contribution >= 4 is 45.2 Å². The zero-order valence-corrected chi connectivity index (χ0v) is 24.7. The SMILES string of the molecule is CCCC1=C(C(=O)OCC)[C@H](c2cc(OC)ccc2OC)n2c(s/c(=C/c3ccc4[nH]c5ccccc5c4c3)c2=O)=N1. The maximum atomic E-state index is 14.2. The minimum atomic E-state index is -0.801. The Kier molecular flexibility index (Phi) is 7.43. The predicted molar refractivity (Wildman–Crippen MR) is 165 cm³/mol. The van der Waals surface area contributed by atoms with Crippen molar-refractivity contribution in [3.8, 4) is 11.5 Å². The van der Waals surface area contributed by atoms with Crippen molar-refractivity contribution in [1.82, 2.24) is 9.55 Å². The minimum absolute atomic E-state index is 0.199. The van der Waals surface area contributed by atoms with Crippen LogP contribution < -0.4 is 24.4 Å². The highest BCUT2D eigenvalue weighted by Gasteiger charge is 2.36. The van der Waals surface area contributed by atoms with Crippen molar-refractivity contribution in [2.45, 2.75) is 32.7 Å². The van der Waals surface area contributed by atoms with Crippen molar-refractivity contribution in [3.05, 3.63) is 103 Å². The molecule has 0 amide bonds. The van der Waals surface area contributed by atoms with E-state index >= 15 is 0 Å². The number of fused-ring (bicyclic) bond motifs is 4. The maximum Gasteiger partial charge on any atom is 0.338 e. The number of rotatable bonds is 8. The van der Waals surface area contributed by atoms with Crippen molar-refractivity contribution in [2.75, 3.05) is 20.8 Å². The van der Waals surface area contributed by atoms with Crippen LogP contribution in [0.2, 0.25) is 0 Å². The molecule has 0 saturated carbocycles. The van der Waals surface area contributed by atoms with Crippen LogP contribution in [0.25, 0.3) is 27.9 Å². The normalized spacial score (nSPS) is 15.1. The molecule has 6 rings (SSSR count). The van der Waals surface area contributed by atoms with E-state index in [4.69, 9.17) is 19.2 Å². The number of carbonyl (C=O) groups is 1. The Hall–Kier alpha value is -4.63. The van der Waals surface area contributed by atoms with Crippen LogP contribution in [0.5, 0.6) is 11.5 Å². The van der Waals surface area contributed by atoms with E-state index in [2.05, 4.69) is 23.2 Å². The lowest BCUT2D eigenvalue weighted by Gasteiger charge is -2.27. The van der Waals surface area contributed by atoms with Gasteiger partial charge in [0.25, 0.3) is 5.56 Å². The first-order valence-electron chi connectivity index (χ1n) is 13.9. The number of hydrogen-bond donors (Lipinski definition) is 1.